The molecular weight excluding hydrogens is 307 g/mol. The first-order valence-corrected chi connectivity index (χ1v) is 10.3. The number of hydrogen-bond donors (Lipinski definition) is 0. The molecule has 1 unspecified atom stereocenters. The van der Waals surface area contributed by atoms with Crippen molar-refractivity contribution in [1.29, 1.82) is 0 Å². The zero-order chi connectivity index (χ0) is 15.6. The predicted octanol–water partition coefficient (Wildman–Crippen LogP) is 4.75. The highest BCUT2D eigenvalue weighted by Gasteiger charge is 2.56. The van der Waals surface area contributed by atoms with Gasteiger partial charge in [0.2, 0.25) is 7.49 Å². The Labute approximate surface area is 137 Å². The molecule has 1 aliphatic rings. The van der Waals surface area contributed by atoms with Crippen molar-refractivity contribution in [2.75, 3.05) is 6.26 Å². The molecule has 0 radical (unpaired) electrons. The fourth-order valence-electron chi connectivity index (χ4n) is 2.76. The second kappa shape index (κ2) is 6.04. The molecular formula is C19H20OPS+. The van der Waals surface area contributed by atoms with Crippen LogP contribution in [0.15, 0.2) is 84.0 Å². The van der Waals surface area contributed by atoms with Crippen molar-refractivity contribution in [2.24, 2.45) is 0 Å². The molecule has 2 aromatic carbocycles. The molecule has 1 aliphatic heterocycles. The molecule has 1 heterocycles. The zero-order valence-corrected chi connectivity index (χ0v) is 14.6. The van der Waals surface area contributed by atoms with Gasteiger partial charge in [-0.15, -0.1) is 11.8 Å². The van der Waals surface area contributed by atoms with Crippen LogP contribution in [0.4, 0.5) is 0 Å². The van der Waals surface area contributed by atoms with Gasteiger partial charge in [0.1, 0.15) is 16.4 Å². The van der Waals surface area contributed by atoms with Crippen molar-refractivity contribution < 1.29 is 4.52 Å². The molecule has 0 amide bonds. The molecule has 0 saturated carbocycles. The van der Waals surface area contributed by atoms with E-state index >= 15 is 0 Å². The number of hydrogen-bond acceptors (Lipinski definition) is 2. The second-order valence-electron chi connectivity index (χ2n) is 5.43. The maximum Gasteiger partial charge on any atom is 0.237 e. The molecule has 0 saturated heterocycles. The van der Waals surface area contributed by atoms with Gasteiger partial charge in [-0.3, -0.25) is 0 Å². The molecule has 2 aromatic rings. The molecule has 0 aliphatic carbocycles. The first-order valence-electron chi connectivity index (χ1n) is 7.26. The van der Waals surface area contributed by atoms with Gasteiger partial charge in [-0.25, -0.2) is 4.52 Å². The molecule has 22 heavy (non-hydrogen) atoms. The number of thioether (sulfide) groups is 1. The van der Waals surface area contributed by atoms with Crippen LogP contribution in [0.3, 0.4) is 0 Å². The standard InChI is InChI=1S/C19H20OPS/c1-4-19(2)18(22-3)15-21(20-19,16-11-7-5-8-12-16)17-13-9-6-10-14-17/h4-15H,1H2,2-3H3/q+1. The first kappa shape index (κ1) is 15.6. The highest BCUT2D eigenvalue weighted by molar-refractivity contribution is 8.03. The van der Waals surface area contributed by atoms with Crippen LogP contribution in [0.1, 0.15) is 6.92 Å². The van der Waals surface area contributed by atoms with E-state index in [1.54, 1.807) is 11.8 Å². The van der Waals surface area contributed by atoms with Gasteiger partial charge >= 0.3 is 0 Å². The van der Waals surface area contributed by atoms with E-state index < -0.39 is 13.1 Å². The summed E-state index contributed by atoms with van der Waals surface area (Å²) in [6.45, 7) is 6.11. The van der Waals surface area contributed by atoms with Crippen LogP contribution in [-0.2, 0) is 4.52 Å². The lowest BCUT2D eigenvalue weighted by molar-refractivity contribution is 0.224. The molecule has 3 rings (SSSR count). The molecule has 0 bridgehead atoms. The van der Waals surface area contributed by atoms with Crippen LogP contribution in [0.25, 0.3) is 0 Å². The van der Waals surface area contributed by atoms with Crippen molar-refractivity contribution in [2.45, 2.75) is 12.5 Å². The Bertz CT molecular complexity index is 656. The van der Waals surface area contributed by atoms with Crippen LogP contribution >= 0.6 is 19.3 Å². The molecule has 3 heteroatoms. The Hall–Kier alpha value is -1.34. The summed E-state index contributed by atoms with van der Waals surface area (Å²) in [5, 5.41) is 2.50. The Morgan fingerprint density at radius 2 is 1.50 bits per heavy atom. The average Bonchev–Trinajstić information content (AvgIpc) is 2.91. The van der Waals surface area contributed by atoms with Gasteiger partial charge in [-0.1, -0.05) is 49.1 Å². The van der Waals surface area contributed by atoms with E-state index in [0.717, 1.165) is 0 Å². The Morgan fingerprint density at radius 1 is 1.00 bits per heavy atom. The fraction of sp³-hybridized carbons (Fsp3) is 0.158. The van der Waals surface area contributed by atoms with Crippen LogP contribution < -0.4 is 10.6 Å². The van der Waals surface area contributed by atoms with E-state index in [0.29, 0.717) is 0 Å². The minimum absolute atomic E-state index is 0.418. The lowest BCUT2D eigenvalue weighted by Gasteiger charge is -2.24. The van der Waals surface area contributed by atoms with Crippen molar-refractivity contribution in [3.8, 4) is 0 Å². The van der Waals surface area contributed by atoms with Crippen LogP contribution in [0.2, 0.25) is 0 Å². The van der Waals surface area contributed by atoms with E-state index in [1.807, 2.05) is 18.2 Å². The van der Waals surface area contributed by atoms with Gasteiger partial charge in [0, 0.05) is 0 Å². The van der Waals surface area contributed by atoms with Crippen molar-refractivity contribution in [3.05, 3.63) is 84.0 Å². The minimum Gasteiger partial charge on any atom is -0.207 e. The lowest BCUT2D eigenvalue weighted by Crippen LogP contribution is -2.28. The molecule has 0 aromatic heterocycles. The fourth-order valence-corrected chi connectivity index (χ4v) is 7.67. The van der Waals surface area contributed by atoms with Crippen molar-refractivity contribution in [3.63, 3.8) is 0 Å². The summed E-state index contributed by atoms with van der Waals surface area (Å²) < 4.78 is 6.74. The lowest BCUT2D eigenvalue weighted by atomic mass is 10.1. The van der Waals surface area contributed by atoms with Crippen LogP contribution in [0, 0.1) is 0 Å². The third-order valence-electron chi connectivity index (χ3n) is 4.01. The van der Waals surface area contributed by atoms with Crippen molar-refractivity contribution in [1.82, 2.24) is 0 Å². The first-order chi connectivity index (χ1) is 10.6. The summed E-state index contributed by atoms with van der Waals surface area (Å²) in [6, 6.07) is 21.1. The van der Waals surface area contributed by atoms with E-state index in [-0.39, 0.29) is 0 Å². The topological polar surface area (TPSA) is 9.23 Å². The SMILES string of the molecule is C=CC1(C)O[P+](c2ccccc2)(c2ccccc2)C=C1SC. The van der Waals surface area contributed by atoms with Gasteiger partial charge in [0.05, 0.1) is 4.91 Å². The van der Waals surface area contributed by atoms with Gasteiger partial charge in [-0.2, -0.15) is 0 Å². The van der Waals surface area contributed by atoms with Gasteiger partial charge in [0.25, 0.3) is 0 Å². The quantitative estimate of drug-likeness (QED) is 0.592. The highest BCUT2D eigenvalue weighted by Crippen LogP contribution is 2.69. The Morgan fingerprint density at radius 3 is 1.86 bits per heavy atom. The van der Waals surface area contributed by atoms with Gasteiger partial charge < -0.3 is 0 Å². The third kappa shape index (κ3) is 2.46. The summed E-state index contributed by atoms with van der Waals surface area (Å²) in [6.07, 6.45) is 4.02. The Balaban J connectivity index is 2.23. The number of benzene rings is 2. The maximum absolute atomic E-state index is 6.74. The van der Waals surface area contributed by atoms with Gasteiger partial charge in [0.15, 0.2) is 5.60 Å². The largest absolute Gasteiger partial charge is 0.237 e. The summed E-state index contributed by atoms with van der Waals surface area (Å²) in [5.41, 5.74) is -0.418. The molecule has 112 valence electrons. The average molecular weight is 327 g/mol. The molecule has 0 spiro atoms. The maximum atomic E-state index is 6.74. The monoisotopic (exact) mass is 327 g/mol. The third-order valence-corrected chi connectivity index (χ3v) is 8.57. The smallest absolute Gasteiger partial charge is 0.207 e. The van der Waals surface area contributed by atoms with Gasteiger partial charge in [-0.05, 0) is 37.4 Å². The van der Waals surface area contributed by atoms with E-state index in [4.69, 9.17) is 4.52 Å². The van der Waals surface area contributed by atoms with Crippen molar-refractivity contribution >= 4 is 29.9 Å². The van der Waals surface area contributed by atoms with E-state index in [2.05, 4.69) is 74.1 Å². The number of rotatable bonds is 4. The van der Waals surface area contributed by atoms with E-state index in [1.165, 1.54) is 15.5 Å². The molecule has 1 nitrogen and oxygen atoms in total. The zero-order valence-electron chi connectivity index (χ0n) is 12.9. The summed E-state index contributed by atoms with van der Waals surface area (Å²) in [7, 11) is -2.02. The molecule has 0 fully saturated rings. The van der Waals surface area contributed by atoms with Crippen LogP contribution in [0.5, 0.6) is 0 Å². The second-order valence-corrected chi connectivity index (χ2v) is 9.07. The minimum atomic E-state index is -2.02. The predicted molar refractivity (Wildman–Crippen MR) is 100 cm³/mol. The van der Waals surface area contributed by atoms with Crippen LogP contribution in [-0.4, -0.2) is 11.9 Å². The highest BCUT2D eigenvalue weighted by atomic mass is 32.2. The molecule has 1 atom stereocenters. The Kier molecular flexibility index (Phi) is 4.27. The summed E-state index contributed by atoms with van der Waals surface area (Å²) >= 11 is 1.75. The van der Waals surface area contributed by atoms with E-state index in [9.17, 15) is 0 Å². The summed E-state index contributed by atoms with van der Waals surface area (Å²) in [5.74, 6) is 2.35. The summed E-state index contributed by atoms with van der Waals surface area (Å²) in [4.78, 5) is 1.24. The molecule has 0 N–H and O–H groups in total. The normalized spacial score (nSPS) is 23.1.